The topological polar surface area (TPSA) is 61.8 Å². The second kappa shape index (κ2) is 4.13. The molecule has 2 unspecified atom stereocenters. The van der Waals surface area contributed by atoms with Crippen LogP contribution in [0.4, 0.5) is 0 Å². The zero-order valence-corrected chi connectivity index (χ0v) is 13.6. The number of rotatable bonds is 3. The summed E-state index contributed by atoms with van der Waals surface area (Å²) in [4.78, 5) is 24.5. The van der Waals surface area contributed by atoms with Crippen molar-refractivity contribution in [3.05, 3.63) is 11.1 Å². The third-order valence-electron chi connectivity index (χ3n) is 5.87. The monoisotopic (exact) mass is 306 g/mol. The van der Waals surface area contributed by atoms with Gasteiger partial charge in [-0.2, -0.15) is 0 Å². The van der Waals surface area contributed by atoms with E-state index in [2.05, 4.69) is 20.8 Å². The maximum absolute atomic E-state index is 12.2. The molecule has 0 aliphatic heterocycles. The van der Waals surface area contributed by atoms with E-state index in [-0.39, 0.29) is 41.4 Å². The van der Waals surface area contributed by atoms with Crippen LogP contribution in [0.2, 0.25) is 0 Å². The standard InChI is InChI=1S/C17H22O5/c1-17(2,3)22-14-10-6-7(10)9-11(14)8(6)12(15(18)20-4)13(9)16(19)21-5/h6-11,14H,1-5H3/t6-,7+,8-,9-,10?,11?,14-/m1/s1. The van der Waals surface area contributed by atoms with Crippen LogP contribution in [-0.4, -0.2) is 37.9 Å². The quantitative estimate of drug-likeness (QED) is 0.741. The highest BCUT2D eigenvalue weighted by Crippen LogP contribution is 2.82. The Morgan fingerprint density at radius 1 is 0.818 bits per heavy atom. The van der Waals surface area contributed by atoms with Crippen LogP contribution in [0.15, 0.2) is 11.1 Å². The summed E-state index contributed by atoms with van der Waals surface area (Å²) in [6.07, 6.45) is 0.145. The van der Waals surface area contributed by atoms with Gasteiger partial charge in [0, 0.05) is 17.8 Å². The van der Waals surface area contributed by atoms with E-state index in [4.69, 9.17) is 14.2 Å². The maximum atomic E-state index is 12.2. The second-order valence-corrected chi connectivity index (χ2v) is 7.87. The molecule has 5 nitrogen and oxygen atoms in total. The minimum Gasteiger partial charge on any atom is -0.466 e. The number of carbonyl (C=O) groups is 2. The molecule has 5 heteroatoms. The Kier molecular flexibility index (Phi) is 2.68. The third-order valence-corrected chi connectivity index (χ3v) is 5.87. The van der Waals surface area contributed by atoms with Crippen molar-refractivity contribution >= 4 is 11.9 Å². The van der Waals surface area contributed by atoms with Crippen LogP contribution in [-0.2, 0) is 23.8 Å². The lowest BCUT2D eigenvalue weighted by atomic mass is 9.92. The van der Waals surface area contributed by atoms with Crippen LogP contribution >= 0.6 is 0 Å². The van der Waals surface area contributed by atoms with E-state index in [1.54, 1.807) is 0 Å². The highest BCUT2D eigenvalue weighted by atomic mass is 16.5. The molecule has 0 saturated heterocycles. The highest BCUT2D eigenvalue weighted by Gasteiger charge is 2.83. The lowest BCUT2D eigenvalue weighted by molar-refractivity contribution is -0.140. The molecule has 5 rings (SSSR count). The summed E-state index contributed by atoms with van der Waals surface area (Å²) >= 11 is 0. The van der Waals surface area contributed by atoms with E-state index in [1.807, 2.05) is 0 Å². The molecule has 0 aromatic heterocycles. The average Bonchev–Trinajstić information content (AvgIpc) is 2.68. The molecule has 4 fully saturated rings. The van der Waals surface area contributed by atoms with Gasteiger partial charge in [0.05, 0.1) is 37.1 Å². The molecular formula is C17H22O5. The maximum Gasteiger partial charge on any atom is 0.334 e. The van der Waals surface area contributed by atoms with Crippen LogP contribution in [0, 0.1) is 35.5 Å². The summed E-state index contributed by atoms with van der Waals surface area (Å²) in [5, 5.41) is 0. The fraction of sp³-hybridized carbons (Fsp3) is 0.765. The Morgan fingerprint density at radius 2 is 1.27 bits per heavy atom. The minimum atomic E-state index is -0.376. The predicted octanol–water partition coefficient (Wildman–Crippen LogP) is 1.56. The van der Waals surface area contributed by atoms with Gasteiger partial charge in [-0.1, -0.05) is 0 Å². The lowest BCUT2D eigenvalue weighted by Crippen LogP contribution is -2.32. The van der Waals surface area contributed by atoms with Crippen LogP contribution < -0.4 is 0 Å². The number of methoxy groups -OCH3 is 2. The zero-order valence-electron chi connectivity index (χ0n) is 13.6. The molecule has 0 spiro atoms. The van der Waals surface area contributed by atoms with E-state index in [1.165, 1.54) is 14.2 Å². The molecule has 0 heterocycles. The van der Waals surface area contributed by atoms with Crippen molar-refractivity contribution in [3.63, 3.8) is 0 Å². The third kappa shape index (κ3) is 1.53. The Morgan fingerprint density at radius 3 is 1.64 bits per heavy atom. The molecule has 6 bridgehead atoms. The molecule has 0 radical (unpaired) electrons. The number of carbonyl (C=O) groups excluding carboxylic acids is 2. The van der Waals surface area contributed by atoms with Crippen molar-refractivity contribution in [2.45, 2.75) is 32.5 Å². The minimum absolute atomic E-state index is 0.119. The molecule has 0 amide bonds. The van der Waals surface area contributed by atoms with Crippen molar-refractivity contribution in [2.24, 2.45) is 35.5 Å². The first-order chi connectivity index (χ1) is 10.3. The summed E-state index contributed by atoms with van der Waals surface area (Å²) in [5.41, 5.74) is 0.909. The summed E-state index contributed by atoms with van der Waals surface area (Å²) in [6.45, 7) is 6.16. The zero-order chi connectivity index (χ0) is 16.0. The molecule has 0 aromatic rings. The van der Waals surface area contributed by atoms with Crippen molar-refractivity contribution in [3.8, 4) is 0 Å². The number of esters is 2. The first-order valence-corrected chi connectivity index (χ1v) is 7.90. The van der Waals surface area contributed by atoms with Gasteiger partial charge in [-0.3, -0.25) is 0 Å². The lowest BCUT2D eigenvalue weighted by Gasteiger charge is -2.28. The van der Waals surface area contributed by atoms with Crippen molar-refractivity contribution < 1.29 is 23.8 Å². The molecule has 0 aromatic carbocycles. The van der Waals surface area contributed by atoms with E-state index in [9.17, 15) is 9.59 Å². The van der Waals surface area contributed by atoms with Gasteiger partial charge in [-0.15, -0.1) is 0 Å². The highest BCUT2D eigenvalue weighted by molar-refractivity contribution is 6.03. The number of hydrogen-bond donors (Lipinski definition) is 0. The SMILES string of the molecule is COC(=O)C1=C(C(=O)OC)[C@H]2C3[C@H](OC(C)(C)C)C4[C@H]([C@H]42)[C@@H]13. The number of ether oxygens (including phenoxy) is 3. The van der Waals surface area contributed by atoms with Crippen molar-refractivity contribution in [2.75, 3.05) is 14.2 Å². The van der Waals surface area contributed by atoms with Gasteiger partial charge in [0.2, 0.25) is 0 Å². The van der Waals surface area contributed by atoms with Gasteiger partial charge in [0.15, 0.2) is 0 Å². The molecule has 5 aliphatic rings. The van der Waals surface area contributed by atoms with Crippen molar-refractivity contribution in [1.82, 2.24) is 0 Å². The summed E-state index contributed by atoms with van der Waals surface area (Å²) in [5.74, 6) is 1.19. The summed E-state index contributed by atoms with van der Waals surface area (Å²) in [6, 6.07) is 0. The Labute approximate surface area is 130 Å². The predicted molar refractivity (Wildman–Crippen MR) is 76.6 cm³/mol. The Balaban J connectivity index is 1.72. The van der Waals surface area contributed by atoms with E-state index >= 15 is 0 Å². The van der Waals surface area contributed by atoms with Crippen LogP contribution in [0.5, 0.6) is 0 Å². The molecule has 5 aliphatic carbocycles. The molecule has 22 heavy (non-hydrogen) atoms. The molecular weight excluding hydrogens is 284 g/mol. The van der Waals surface area contributed by atoms with E-state index in [0.717, 1.165) is 0 Å². The van der Waals surface area contributed by atoms with Crippen LogP contribution in [0.1, 0.15) is 20.8 Å². The van der Waals surface area contributed by atoms with Gasteiger partial charge >= 0.3 is 11.9 Å². The number of hydrogen-bond acceptors (Lipinski definition) is 5. The van der Waals surface area contributed by atoms with Crippen LogP contribution in [0.3, 0.4) is 0 Å². The first-order valence-electron chi connectivity index (χ1n) is 7.90. The van der Waals surface area contributed by atoms with Gasteiger partial charge in [0.25, 0.3) is 0 Å². The van der Waals surface area contributed by atoms with E-state index in [0.29, 0.717) is 28.9 Å². The molecule has 7 atom stereocenters. The summed E-state index contributed by atoms with van der Waals surface area (Å²) in [7, 11) is 2.74. The Bertz CT molecular complexity index is 559. The fourth-order valence-electron chi connectivity index (χ4n) is 5.59. The largest absolute Gasteiger partial charge is 0.466 e. The van der Waals surface area contributed by atoms with Crippen molar-refractivity contribution in [1.29, 1.82) is 0 Å². The normalized spacial score (nSPS) is 43.6. The smallest absolute Gasteiger partial charge is 0.334 e. The Hall–Kier alpha value is -1.36. The molecule has 0 N–H and O–H groups in total. The molecule has 4 saturated carbocycles. The van der Waals surface area contributed by atoms with Gasteiger partial charge in [-0.25, -0.2) is 9.59 Å². The van der Waals surface area contributed by atoms with Gasteiger partial charge in [-0.05, 0) is 38.5 Å². The van der Waals surface area contributed by atoms with E-state index < -0.39 is 0 Å². The molecule has 120 valence electrons. The average molecular weight is 306 g/mol. The van der Waals surface area contributed by atoms with Gasteiger partial charge in [0.1, 0.15) is 0 Å². The first kappa shape index (κ1) is 14.2. The van der Waals surface area contributed by atoms with Crippen LogP contribution in [0.25, 0.3) is 0 Å². The second-order valence-electron chi connectivity index (χ2n) is 7.87. The summed E-state index contributed by atoms with van der Waals surface area (Å²) < 4.78 is 16.2. The van der Waals surface area contributed by atoms with Gasteiger partial charge < -0.3 is 14.2 Å². The fourth-order valence-corrected chi connectivity index (χ4v) is 5.59.